The average molecular weight is 185 g/mol. The van der Waals surface area contributed by atoms with Crippen LogP contribution in [0.15, 0.2) is 29.3 Å². The minimum Gasteiger partial charge on any atom is -0.207 e. The van der Waals surface area contributed by atoms with Crippen molar-refractivity contribution in [2.24, 2.45) is 0 Å². The monoisotopic (exact) mass is 184 g/mol. The summed E-state index contributed by atoms with van der Waals surface area (Å²) in [5, 5.41) is 0.738. The van der Waals surface area contributed by atoms with Gasteiger partial charge < -0.3 is 0 Å². The van der Waals surface area contributed by atoms with E-state index in [1.807, 2.05) is 13.8 Å². The molecule has 0 aliphatic heterocycles. The van der Waals surface area contributed by atoms with E-state index in [1.165, 1.54) is 12.1 Å². The Morgan fingerprint density at radius 3 is 2.08 bits per heavy atom. The Kier molecular flexibility index (Phi) is 2.88. The summed E-state index contributed by atoms with van der Waals surface area (Å²) >= 11 is 5.79. The van der Waals surface area contributed by atoms with Crippen molar-refractivity contribution in [2.75, 3.05) is 0 Å². The van der Waals surface area contributed by atoms with E-state index in [0.29, 0.717) is 0 Å². The second-order valence-corrected chi connectivity index (χ2v) is 3.23. The van der Waals surface area contributed by atoms with Gasteiger partial charge in [0.25, 0.3) is 0 Å². The van der Waals surface area contributed by atoms with E-state index >= 15 is 0 Å². The summed E-state index contributed by atoms with van der Waals surface area (Å²) in [4.78, 5) is 0. The molecule has 1 rings (SSSR count). The predicted octanol–water partition coefficient (Wildman–Crippen LogP) is 3.82. The topological polar surface area (TPSA) is 0 Å². The summed E-state index contributed by atoms with van der Waals surface area (Å²) in [6, 6.07) is 6.30. The van der Waals surface area contributed by atoms with Crippen LogP contribution in [-0.4, -0.2) is 0 Å². The highest BCUT2D eigenvalue weighted by molar-refractivity contribution is 6.32. The fourth-order valence-corrected chi connectivity index (χ4v) is 1.01. The van der Waals surface area contributed by atoms with Gasteiger partial charge in [-0.25, -0.2) is 4.39 Å². The molecule has 0 aromatic heterocycles. The van der Waals surface area contributed by atoms with E-state index in [-0.39, 0.29) is 5.82 Å². The van der Waals surface area contributed by atoms with E-state index < -0.39 is 0 Å². The summed E-state index contributed by atoms with van der Waals surface area (Å²) in [5.41, 5.74) is 1.94. The molecule has 0 atom stereocenters. The zero-order valence-corrected chi connectivity index (χ0v) is 7.82. The van der Waals surface area contributed by atoms with E-state index in [0.717, 1.165) is 16.2 Å². The molecule has 64 valence electrons. The van der Waals surface area contributed by atoms with Crippen LogP contribution in [-0.2, 0) is 0 Å². The van der Waals surface area contributed by atoms with Crippen molar-refractivity contribution in [1.82, 2.24) is 0 Å². The lowest BCUT2D eigenvalue weighted by Crippen LogP contribution is -1.81. The van der Waals surface area contributed by atoms with Crippen molar-refractivity contribution in [3.05, 3.63) is 40.7 Å². The second-order valence-electron chi connectivity index (χ2n) is 2.67. The summed E-state index contributed by atoms with van der Waals surface area (Å²) in [6.45, 7) is 3.73. The molecule has 0 unspecified atom stereocenters. The molecular weight excluding hydrogens is 175 g/mol. The number of rotatable bonds is 1. The third kappa shape index (κ3) is 2.08. The van der Waals surface area contributed by atoms with Gasteiger partial charge in [-0.3, -0.25) is 0 Å². The highest BCUT2D eigenvalue weighted by atomic mass is 35.5. The van der Waals surface area contributed by atoms with E-state index in [9.17, 15) is 4.39 Å². The van der Waals surface area contributed by atoms with Crippen LogP contribution in [0.2, 0.25) is 0 Å². The molecule has 12 heavy (non-hydrogen) atoms. The fraction of sp³-hybridized carbons (Fsp3) is 0.200. The SMILES string of the molecule is CC(Cl)=C(C)c1ccc(F)cc1. The maximum Gasteiger partial charge on any atom is 0.123 e. The minimum absolute atomic E-state index is 0.223. The Labute approximate surface area is 76.7 Å². The van der Waals surface area contributed by atoms with E-state index in [2.05, 4.69) is 0 Å². The first-order valence-electron chi connectivity index (χ1n) is 3.70. The van der Waals surface area contributed by atoms with Crippen LogP contribution < -0.4 is 0 Å². The first-order valence-corrected chi connectivity index (χ1v) is 4.08. The molecule has 0 fully saturated rings. The van der Waals surface area contributed by atoms with Crippen LogP contribution in [0.25, 0.3) is 5.57 Å². The normalized spacial score (nSPS) is 12.7. The van der Waals surface area contributed by atoms with Gasteiger partial charge in [0.05, 0.1) is 0 Å². The number of hydrogen-bond acceptors (Lipinski definition) is 0. The molecule has 0 saturated carbocycles. The predicted molar refractivity (Wildman–Crippen MR) is 50.5 cm³/mol. The largest absolute Gasteiger partial charge is 0.207 e. The van der Waals surface area contributed by atoms with Gasteiger partial charge in [0.2, 0.25) is 0 Å². The molecule has 1 aromatic carbocycles. The molecule has 0 saturated heterocycles. The summed E-state index contributed by atoms with van der Waals surface area (Å²) in [5.74, 6) is -0.223. The van der Waals surface area contributed by atoms with Gasteiger partial charge >= 0.3 is 0 Å². The van der Waals surface area contributed by atoms with Crippen LogP contribution in [0.3, 0.4) is 0 Å². The van der Waals surface area contributed by atoms with Crippen molar-refractivity contribution in [3.8, 4) is 0 Å². The number of benzene rings is 1. The first-order chi connectivity index (χ1) is 5.61. The number of halogens is 2. The van der Waals surface area contributed by atoms with Crippen molar-refractivity contribution in [2.45, 2.75) is 13.8 Å². The molecule has 2 heteroatoms. The smallest absolute Gasteiger partial charge is 0.123 e. The van der Waals surface area contributed by atoms with Crippen molar-refractivity contribution < 1.29 is 4.39 Å². The maximum atomic E-state index is 12.5. The average Bonchev–Trinajstić information content (AvgIpc) is 2.04. The van der Waals surface area contributed by atoms with Gasteiger partial charge in [0, 0.05) is 5.03 Å². The van der Waals surface area contributed by atoms with Gasteiger partial charge in [0.1, 0.15) is 5.82 Å². The molecule has 0 bridgehead atoms. The molecule has 0 nitrogen and oxygen atoms in total. The molecule has 0 aliphatic rings. The van der Waals surface area contributed by atoms with Crippen molar-refractivity contribution in [1.29, 1.82) is 0 Å². The Balaban J connectivity index is 3.06. The zero-order chi connectivity index (χ0) is 9.14. The van der Waals surface area contributed by atoms with E-state index in [1.54, 1.807) is 12.1 Å². The quantitative estimate of drug-likeness (QED) is 0.623. The van der Waals surface area contributed by atoms with Crippen LogP contribution in [0.1, 0.15) is 19.4 Å². The highest BCUT2D eigenvalue weighted by Gasteiger charge is 1.98. The molecule has 0 spiro atoms. The lowest BCUT2D eigenvalue weighted by Gasteiger charge is -2.01. The Hall–Kier alpha value is -0.820. The molecule has 0 heterocycles. The van der Waals surface area contributed by atoms with Gasteiger partial charge in [-0.2, -0.15) is 0 Å². The van der Waals surface area contributed by atoms with Crippen LogP contribution in [0.5, 0.6) is 0 Å². The third-order valence-electron chi connectivity index (χ3n) is 1.79. The Morgan fingerprint density at radius 1 is 1.17 bits per heavy atom. The van der Waals surface area contributed by atoms with Gasteiger partial charge in [-0.15, -0.1) is 0 Å². The fourth-order valence-electron chi connectivity index (χ4n) is 0.899. The van der Waals surface area contributed by atoms with E-state index in [4.69, 9.17) is 11.6 Å². The number of hydrogen-bond donors (Lipinski definition) is 0. The lowest BCUT2D eigenvalue weighted by molar-refractivity contribution is 0.627. The van der Waals surface area contributed by atoms with Crippen LogP contribution in [0, 0.1) is 5.82 Å². The summed E-state index contributed by atoms with van der Waals surface area (Å²) in [7, 11) is 0. The Morgan fingerprint density at radius 2 is 1.67 bits per heavy atom. The zero-order valence-electron chi connectivity index (χ0n) is 7.07. The second kappa shape index (κ2) is 3.72. The molecule has 0 amide bonds. The van der Waals surface area contributed by atoms with Gasteiger partial charge in [-0.1, -0.05) is 23.7 Å². The van der Waals surface area contributed by atoms with Gasteiger partial charge in [0.15, 0.2) is 0 Å². The van der Waals surface area contributed by atoms with Crippen LogP contribution in [0.4, 0.5) is 4.39 Å². The highest BCUT2D eigenvalue weighted by Crippen LogP contribution is 2.20. The number of allylic oxidation sites excluding steroid dienone is 2. The third-order valence-corrected chi connectivity index (χ3v) is 2.08. The standard InChI is InChI=1S/C10H10ClF/c1-7(8(2)11)9-3-5-10(12)6-4-9/h3-6H,1-2H3. The molecule has 1 aromatic rings. The summed E-state index contributed by atoms with van der Waals surface area (Å²) in [6.07, 6.45) is 0. The molecule has 0 radical (unpaired) electrons. The van der Waals surface area contributed by atoms with Gasteiger partial charge in [-0.05, 0) is 37.1 Å². The van der Waals surface area contributed by atoms with Crippen molar-refractivity contribution >= 4 is 17.2 Å². The summed E-state index contributed by atoms with van der Waals surface area (Å²) < 4.78 is 12.5. The molecular formula is C10H10ClF. The first kappa shape index (κ1) is 9.27. The molecule has 0 aliphatic carbocycles. The molecule has 0 N–H and O–H groups in total. The minimum atomic E-state index is -0.223. The van der Waals surface area contributed by atoms with Crippen molar-refractivity contribution in [3.63, 3.8) is 0 Å². The maximum absolute atomic E-state index is 12.5. The van der Waals surface area contributed by atoms with Crippen LogP contribution >= 0.6 is 11.6 Å². The Bertz CT molecular complexity index is 294. The lowest BCUT2D eigenvalue weighted by atomic mass is 10.1.